The molecule has 0 spiro atoms. The van der Waals surface area contributed by atoms with Gasteiger partial charge in [0.2, 0.25) is 5.91 Å². The van der Waals surface area contributed by atoms with Crippen LogP contribution >= 0.6 is 11.6 Å². The summed E-state index contributed by atoms with van der Waals surface area (Å²) < 4.78 is 11.1. The van der Waals surface area contributed by atoms with Crippen LogP contribution in [0.3, 0.4) is 0 Å². The van der Waals surface area contributed by atoms with Gasteiger partial charge in [-0.25, -0.2) is 0 Å². The number of hydrogen-bond donors (Lipinski definition) is 3. The van der Waals surface area contributed by atoms with E-state index in [0.29, 0.717) is 30.3 Å². The van der Waals surface area contributed by atoms with Gasteiger partial charge in [-0.1, -0.05) is 11.6 Å². The van der Waals surface area contributed by atoms with E-state index in [1.165, 1.54) is 0 Å². The Morgan fingerprint density at radius 1 is 1.17 bits per heavy atom. The Hall–Kier alpha value is -1.83. The molecular weight excluding hydrogens is 392 g/mol. The number of amides is 1. The van der Waals surface area contributed by atoms with Crippen LogP contribution < -0.4 is 16.0 Å². The molecule has 1 aliphatic heterocycles. The first-order valence-electron chi connectivity index (χ1n) is 10.3. The molecule has 1 aromatic carbocycles. The standard InChI is InChI=1S/C21H33ClN4O3/c1-23-21(25-12-3-13-29-16-17-9-14-28-15-10-17)24-11-2-4-20(27)26-19-7-5-18(22)6-8-19/h5-8,17H,2-4,9-16H2,1H3,(H,26,27)(H2,23,24,25). The van der Waals surface area contributed by atoms with E-state index in [1.54, 1.807) is 31.3 Å². The molecule has 1 fully saturated rings. The van der Waals surface area contributed by atoms with Gasteiger partial charge in [0, 0.05) is 63.7 Å². The Bertz CT molecular complexity index is 619. The van der Waals surface area contributed by atoms with Crippen molar-refractivity contribution in [2.45, 2.75) is 32.1 Å². The van der Waals surface area contributed by atoms with Crippen LogP contribution in [0.4, 0.5) is 5.69 Å². The van der Waals surface area contributed by atoms with Crippen LogP contribution in [0, 0.1) is 5.92 Å². The Kier molecular flexibility index (Phi) is 11.5. The SMILES string of the molecule is CN=C(NCCCOCC1CCOCC1)NCCCC(=O)Nc1ccc(Cl)cc1. The fourth-order valence-electron chi connectivity index (χ4n) is 2.98. The second-order valence-electron chi connectivity index (χ2n) is 7.07. The molecule has 8 heteroatoms. The summed E-state index contributed by atoms with van der Waals surface area (Å²) in [6.45, 7) is 4.76. The van der Waals surface area contributed by atoms with Crippen LogP contribution in [0.15, 0.2) is 29.3 Å². The predicted octanol–water partition coefficient (Wildman–Crippen LogP) is 3.06. The van der Waals surface area contributed by atoms with E-state index in [2.05, 4.69) is 20.9 Å². The zero-order valence-electron chi connectivity index (χ0n) is 17.2. The number of hydrogen-bond acceptors (Lipinski definition) is 4. The van der Waals surface area contributed by atoms with Crippen molar-refractivity contribution in [2.75, 3.05) is 51.9 Å². The zero-order chi connectivity index (χ0) is 20.7. The Balaban J connectivity index is 1.46. The summed E-state index contributed by atoms with van der Waals surface area (Å²) in [6.07, 6.45) is 4.29. The fourth-order valence-corrected chi connectivity index (χ4v) is 3.10. The van der Waals surface area contributed by atoms with E-state index < -0.39 is 0 Å². The lowest BCUT2D eigenvalue weighted by molar-refractivity contribution is -0.116. The van der Waals surface area contributed by atoms with Crippen LogP contribution in [0.25, 0.3) is 0 Å². The van der Waals surface area contributed by atoms with Gasteiger partial charge in [-0.05, 0) is 55.9 Å². The van der Waals surface area contributed by atoms with Crippen LogP contribution in [0.5, 0.6) is 0 Å². The number of benzene rings is 1. The highest BCUT2D eigenvalue weighted by atomic mass is 35.5. The number of carbonyl (C=O) groups excluding carboxylic acids is 1. The normalized spacial score (nSPS) is 15.2. The number of carbonyl (C=O) groups is 1. The first kappa shape index (κ1) is 23.4. The molecule has 1 amide bonds. The van der Waals surface area contributed by atoms with Crippen LogP contribution in [-0.2, 0) is 14.3 Å². The summed E-state index contributed by atoms with van der Waals surface area (Å²) in [5, 5.41) is 10.00. The highest BCUT2D eigenvalue weighted by Gasteiger charge is 2.13. The highest BCUT2D eigenvalue weighted by molar-refractivity contribution is 6.30. The van der Waals surface area contributed by atoms with Crippen LogP contribution in [0.1, 0.15) is 32.1 Å². The van der Waals surface area contributed by atoms with Crippen LogP contribution in [0.2, 0.25) is 5.02 Å². The summed E-state index contributed by atoms with van der Waals surface area (Å²) in [7, 11) is 1.74. The van der Waals surface area contributed by atoms with Gasteiger partial charge in [0.1, 0.15) is 0 Å². The predicted molar refractivity (Wildman–Crippen MR) is 118 cm³/mol. The molecule has 2 rings (SSSR count). The topological polar surface area (TPSA) is 84.0 Å². The van der Waals surface area contributed by atoms with Gasteiger partial charge < -0.3 is 25.4 Å². The number of nitrogens with zero attached hydrogens (tertiary/aromatic N) is 1. The molecule has 0 saturated carbocycles. The molecule has 1 aliphatic rings. The molecule has 1 heterocycles. The molecule has 1 aromatic rings. The minimum atomic E-state index is -0.0151. The highest BCUT2D eigenvalue weighted by Crippen LogP contribution is 2.15. The average Bonchev–Trinajstić information content (AvgIpc) is 2.74. The van der Waals surface area contributed by atoms with Crippen molar-refractivity contribution in [3.8, 4) is 0 Å². The first-order valence-corrected chi connectivity index (χ1v) is 10.7. The first-order chi connectivity index (χ1) is 14.2. The van der Waals surface area contributed by atoms with E-state index >= 15 is 0 Å². The van der Waals surface area contributed by atoms with Gasteiger partial charge >= 0.3 is 0 Å². The Morgan fingerprint density at radius 3 is 2.55 bits per heavy atom. The summed E-state index contributed by atoms with van der Waals surface area (Å²) in [5.74, 6) is 1.37. The largest absolute Gasteiger partial charge is 0.381 e. The Morgan fingerprint density at radius 2 is 1.86 bits per heavy atom. The maximum Gasteiger partial charge on any atom is 0.224 e. The Labute approximate surface area is 178 Å². The molecular formula is C21H33ClN4O3. The van der Waals surface area contributed by atoms with Gasteiger partial charge in [-0.2, -0.15) is 0 Å². The molecule has 0 radical (unpaired) electrons. The van der Waals surface area contributed by atoms with Crippen LogP contribution in [-0.4, -0.2) is 58.4 Å². The van der Waals surface area contributed by atoms with Crippen molar-refractivity contribution in [3.05, 3.63) is 29.3 Å². The molecule has 162 valence electrons. The van der Waals surface area contributed by atoms with Gasteiger partial charge in [-0.15, -0.1) is 0 Å². The number of guanidine groups is 1. The monoisotopic (exact) mass is 424 g/mol. The number of halogens is 1. The second-order valence-corrected chi connectivity index (χ2v) is 7.51. The number of rotatable bonds is 11. The van der Waals surface area contributed by atoms with E-state index in [1.807, 2.05) is 0 Å². The number of anilines is 1. The summed E-state index contributed by atoms with van der Waals surface area (Å²) in [4.78, 5) is 16.2. The van der Waals surface area contributed by atoms with Crippen molar-refractivity contribution in [2.24, 2.45) is 10.9 Å². The second kappa shape index (κ2) is 14.2. The van der Waals surface area contributed by atoms with E-state index in [9.17, 15) is 4.79 Å². The van der Waals surface area contributed by atoms with E-state index in [-0.39, 0.29) is 5.91 Å². The average molecular weight is 425 g/mol. The summed E-state index contributed by atoms with van der Waals surface area (Å²) >= 11 is 5.84. The third-order valence-corrected chi connectivity index (χ3v) is 4.93. The minimum Gasteiger partial charge on any atom is -0.381 e. The molecule has 3 N–H and O–H groups in total. The number of aliphatic imine (C=N–C) groups is 1. The van der Waals surface area contributed by atoms with Crippen molar-refractivity contribution < 1.29 is 14.3 Å². The van der Waals surface area contributed by atoms with Gasteiger partial charge in [0.05, 0.1) is 0 Å². The van der Waals surface area contributed by atoms with E-state index in [4.69, 9.17) is 21.1 Å². The molecule has 0 aromatic heterocycles. The van der Waals surface area contributed by atoms with E-state index in [0.717, 1.165) is 63.9 Å². The molecule has 0 aliphatic carbocycles. The maximum absolute atomic E-state index is 12.0. The quantitative estimate of drug-likeness (QED) is 0.289. The lowest BCUT2D eigenvalue weighted by Crippen LogP contribution is -2.38. The molecule has 7 nitrogen and oxygen atoms in total. The van der Waals surface area contributed by atoms with Gasteiger partial charge in [0.25, 0.3) is 0 Å². The van der Waals surface area contributed by atoms with Crippen molar-refractivity contribution in [1.29, 1.82) is 0 Å². The number of ether oxygens (including phenoxy) is 2. The molecule has 29 heavy (non-hydrogen) atoms. The molecule has 0 atom stereocenters. The maximum atomic E-state index is 12.0. The molecule has 0 bridgehead atoms. The molecule has 1 saturated heterocycles. The summed E-state index contributed by atoms with van der Waals surface area (Å²) in [6, 6.07) is 7.09. The van der Waals surface area contributed by atoms with Crippen molar-refractivity contribution >= 4 is 29.2 Å². The number of nitrogens with one attached hydrogen (secondary N) is 3. The third-order valence-electron chi connectivity index (χ3n) is 4.68. The molecule has 0 unspecified atom stereocenters. The smallest absolute Gasteiger partial charge is 0.224 e. The lowest BCUT2D eigenvalue weighted by atomic mass is 10.0. The van der Waals surface area contributed by atoms with Crippen molar-refractivity contribution in [3.63, 3.8) is 0 Å². The van der Waals surface area contributed by atoms with Crippen molar-refractivity contribution in [1.82, 2.24) is 10.6 Å². The third kappa shape index (κ3) is 10.5. The van der Waals surface area contributed by atoms with Gasteiger partial charge in [0.15, 0.2) is 5.96 Å². The fraction of sp³-hybridized carbons (Fsp3) is 0.619. The summed E-state index contributed by atoms with van der Waals surface area (Å²) in [5.41, 5.74) is 0.754. The van der Waals surface area contributed by atoms with Gasteiger partial charge in [-0.3, -0.25) is 9.79 Å². The lowest BCUT2D eigenvalue weighted by Gasteiger charge is -2.21. The zero-order valence-corrected chi connectivity index (χ0v) is 18.0. The minimum absolute atomic E-state index is 0.0151.